The van der Waals surface area contributed by atoms with Gasteiger partial charge < -0.3 is 22.3 Å². The van der Waals surface area contributed by atoms with E-state index in [2.05, 4.69) is 0 Å². The van der Waals surface area contributed by atoms with Gasteiger partial charge in [-0.25, -0.2) is 0 Å². The lowest BCUT2D eigenvalue weighted by molar-refractivity contribution is 1.39. The monoisotopic (exact) mass is 326 g/mol. The second-order valence-electron chi connectivity index (χ2n) is 5.86. The first-order valence-corrected chi connectivity index (χ1v) is 7.82. The van der Waals surface area contributed by atoms with Gasteiger partial charge in [0.25, 0.3) is 0 Å². The van der Waals surface area contributed by atoms with Gasteiger partial charge >= 0.3 is 0 Å². The fourth-order valence-corrected chi connectivity index (χ4v) is 1.65. The van der Waals surface area contributed by atoms with Crippen LogP contribution in [-0.4, -0.2) is 11.4 Å². The van der Waals surface area contributed by atoms with E-state index in [0.29, 0.717) is 11.4 Å². The molecule has 0 saturated carbocycles. The van der Waals surface area contributed by atoms with Gasteiger partial charge in [0.15, 0.2) is 0 Å². The number of benzene rings is 2. The summed E-state index contributed by atoms with van der Waals surface area (Å²) in [6.07, 6.45) is 0. The minimum Gasteiger partial charge on any atom is -0.398 e. The molecular weight excluding hydrogens is 296 g/mol. The lowest BCUT2D eigenvalue weighted by Crippen LogP contribution is -1.99. The predicted molar refractivity (Wildman–Crippen MR) is 107 cm³/mol. The first kappa shape index (κ1) is 21.4. The average Bonchev–Trinajstić information content (AvgIpc) is 2.51. The van der Waals surface area contributed by atoms with Crippen LogP contribution in [0.15, 0.2) is 36.4 Å². The normalized spacial score (nSPS) is 9.08. The summed E-state index contributed by atoms with van der Waals surface area (Å²) in [5.41, 5.74) is 18.5. The van der Waals surface area contributed by atoms with E-state index in [9.17, 15) is 0 Å². The van der Waals surface area contributed by atoms with Crippen molar-refractivity contribution in [2.45, 2.75) is 41.5 Å². The smallest absolute Gasteiger partial charge is 0.0487 e. The summed E-state index contributed by atoms with van der Waals surface area (Å²) < 4.78 is 0. The molecule has 0 aliphatic heterocycles. The minimum atomic E-state index is 0.343. The van der Waals surface area contributed by atoms with Crippen molar-refractivity contribution in [1.29, 1.82) is 10.8 Å². The van der Waals surface area contributed by atoms with Gasteiger partial charge in [-0.3, -0.25) is 0 Å². The first-order chi connectivity index (χ1) is 11.1. The van der Waals surface area contributed by atoms with Gasteiger partial charge in [-0.1, -0.05) is 36.4 Å². The van der Waals surface area contributed by atoms with E-state index in [4.69, 9.17) is 22.3 Å². The third kappa shape index (κ3) is 7.58. The van der Waals surface area contributed by atoms with E-state index < -0.39 is 0 Å². The number of para-hydroxylation sites is 2. The van der Waals surface area contributed by atoms with E-state index >= 15 is 0 Å². The molecule has 2 aromatic rings. The lowest BCUT2D eigenvalue weighted by Gasteiger charge is -2.00. The molecule has 4 heteroatoms. The quantitative estimate of drug-likeness (QED) is 0.445. The zero-order chi connectivity index (χ0) is 18.9. The van der Waals surface area contributed by atoms with Gasteiger partial charge in [-0.05, 0) is 63.8 Å². The van der Waals surface area contributed by atoms with Crippen LogP contribution in [0.1, 0.15) is 36.1 Å². The third-order valence-corrected chi connectivity index (χ3v) is 3.65. The molecule has 2 rings (SSSR count). The molecule has 0 unspecified atom stereocenters. The van der Waals surface area contributed by atoms with Gasteiger partial charge in [0.05, 0.1) is 0 Å². The molecule has 0 aromatic heterocycles. The lowest BCUT2D eigenvalue weighted by atomic mass is 10.1. The number of rotatable bonds is 1. The van der Waals surface area contributed by atoms with Crippen LogP contribution in [0.5, 0.6) is 0 Å². The second-order valence-corrected chi connectivity index (χ2v) is 5.86. The van der Waals surface area contributed by atoms with Crippen LogP contribution >= 0.6 is 0 Å². The maximum absolute atomic E-state index is 6.72. The number of hydrogen-bond acceptors (Lipinski definition) is 4. The molecule has 24 heavy (non-hydrogen) atoms. The van der Waals surface area contributed by atoms with Crippen LogP contribution < -0.4 is 11.5 Å². The van der Waals surface area contributed by atoms with E-state index in [1.807, 2.05) is 64.1 Å². The first-order valence-electron chi connectivity index (χ1n) is 7.82. The van der Waals surface area contributed by atoms with Gasteiger partial charge in [0.2, 0.25) is 0 Å². The molecule has 0 saturated heterocycles. The van der Waals surface area contributed by atoms with Crippen molar-refractivity contribution < 1.29 is 0 Å². The molecule has 0 aliphatic carbocycles. The summed E-state index contributed by atoms with van der Waals surface area (Å²) in [5, 5.41) is 13.4. The summed E-state index contributed by atoms with van der Waals surface area (Å²) in [6.45, 7) is 11.3. The van der Waals surface area contributed by atoms with Crippen LogP contribution in [0, 0.1) is 38.5 Å². The Morgan fingerprint density at radius 2 is 0.833 bits per heavy atom. The summed E-state index contributed by atoms with van der Waals surface area (Å²) in [6, 6.07) is 12.1. The molecule has 4 nitrogen and oxygen atoms in total. The maximum Gasteiger partial charge on any atom is 0.0487 e. The Morgan fingerprint density at radius 3 is 0.958 bits per heavy atom. The largest absolute Gasteiger partial charge is 0.398 e. The summed E-state index contributed by atoms with van der Waals surface area (Å²) in [7, 11) is 0. The molecule has 0 atom stereocenters. The molecule has 0 radical (unpaired) electrons. The van der Waals surface area contributed by atoms with Crippen LogP contribution in [0.4, 0.5) is 11.4 Å². The fourth-order valence-electron chi connectivity index (χ4n) is 1.65. The highest BCUT2D eigenvalue weighted by Crippen LogP contribution is 2.14. The number of nitrogen functional groups attached to an aromatic ring is 2. The summed E-state index contributed by atoms with van der Waals surface area (Å²) >= 11 is 0. The van der Waals surface area contributed by atoms with Crippen molar-refractivity contribution in [3.8, 4) is 0 Å². The van der Waals surface area contributed by atoms with E-state index in [1.54, 1.807) is 13.8 Å². The van der Waals surface area contributed by atoms with Crippen molar-refractivity contribution in [1.82, 2.24) is 0 Å². The molecule has 6 N–H and O–H groups in total. The Labute approximate surface area is 145 Å². The Balaban J connectivity index is 0.000000340. The van der Waals surface area contributed by atoms with E-state index in [1.165, 1.54) is 0 Å². The van der Waals surface area contributed by atoms with Crippen molar-refractivity contribution >= 4 is 22.8 Å². The van der Waals surface area contributed by atoms with Crippen LogP contribution in [-0.2, 0) is 0 Å². The molecule has 0 bridgehead atoms. The van der Waals surface area contributed by atoms with Crippen molar-refractivity contribution in [2.24, 2.45) is 0 Å². The standard InChI is InChI=1S/2C8H11N.C4H8N2/c2*1-6-4-3-5-7(2)8(6)9;1-3(5)4(2)6/h2*3-5H,9H2,1-2H3;5-6H,1-2H3. The average molecular weight is 326 g/mol. The minimum absolute atomic E-state index is 0.343. The van der Waals surface area contributed by atoms with Crippen molar-refractivity contribution in [2.75, 3.05) is 11.5 Å². The molecule has 0 spiro atoms. The molecule has 0 aliphatic rings. The Kier molecular flexibility index (Phi) is 9.10. The Bertz CT molecular complexity index is 601. The number of nitrogens with two attached hydrogens (primary N) is 2. The summed E-state index contributed by atoms with van der Waals surface area (Å²) in [5.74, 6) is 0. The van der Waals surface area contributed by atoms with Crippen LogP contribution in [0.2, 0.25) is 0 Å². The van der Waals surface area contributed by atoms with Crippen LogP contribution in [0.25, 0.3) is 0 Å². The highest BCUT2D eigenvalue weighted by molar-refractivity contribution is 6.37. The molecule has 2 aromatic carbocycles. The van der Waals surface area contributed by atoms with E-state index in [0.717, 1.165) is 33.6 Å². The van der Waals surface area contributed by atoms with Crippen LogP contribution in [0.3, 0.4) is 0 Å². The van der Waals surface area contributed by atoms with Gasteiger partial charge in [0, 0.05) is 22.8 Å². The molecule has 0 amide bonds. The van der Waals surface area contributed by atoms with Crippen molar-refractivity contribution in [3.05, 3.63) is 58.7 Å². The number of hydrogen-bond donors (Lipinski definition) is 4. The third-order valence-electron chi connectivity index (χ3n) is 3.65. The highest BCUT2D eigenvalue weighted by Gasteiger charge is 1.93. The fraction of sp³-hybridized carbons (Fsp3) is 0.300. The van der Waals surface area contributed by atoms with E-state index in [-0.39, 0.29) is 0 Å². The Hall–Kier alpha value is -2.62. The predicted octanol–water partition coefficient (Wildman–Crippen LogP) is 4.84. The summed E-state index contributed by atoms with van der Waals surface area (Å²) in [4.78, 5) is 0. The number of nitrogens with one attached hydrogen (secondary N) is 2. The van der Waals surface area contributed by atoms with Gasteiger partial charge in [-0.2, -0.15) is 0 Å². The topological polar surface area (TPSA) is 99.7 Å². The zero-order valence-electron chi connectivity index (χ0n) is 15.6. The highest BCUT2D eigenvalue weighted by atomic mass is 14.6. The van der Waals surface area contributed by atoms with Crippen molar-refractivity contribution in [3.63, 3.8) is 0 Å². The maximum atomic E-state index is 6.72. The van der Waals surface area contributed by atoms with Gasteiger partial charge in [0.1, 0.15) is 0 Å². The number of aryl methyl sites for hydroxylation is 4. The molecule has 0 fully saturated rings. The SMILES string of the molecule is CC(=N)C(C)=N.Cc1cccc(C)c1N.Cc1cccc(C)c1N. The molecule has 130 valence electrons. The Morgan fingerprint density at radius 1 is 0.625 bits per heavy atom. The molecule has 0 heterocycles. The number of anilines is 2. The molecular formula is C20H30N4. The van der Waals surface area contributed by atoms with Gasteiger partial charge in [-0.15, -0.1) is 0 Å². The zero-order valence-corrected chi connectivity index (χ0v) is 15.6. The second kappa shape index (κ2) is 10.2.